The highest BCUT2D eigenvalue weighted by Gasteiger charge is 2.23. The van der Waals surface area contributed by atoms with Crippen LogP contribution in [0.15, 0.2) is 47.0 Å². The minimum atomic E-state index is -3.62. The number of para-hydroxylation sites is 1. The zero-order valence-corrected chi connectivity index (χ0v) is 15.7. The summed E-state index contributed by atoms with van der Waals surface area (Å²) in [6.07, 6.45) is 0.596. The summed E-state index contributed by atoms with van der Waals surface area (Å²) in [6, 6.07) is 12.3. The molecule has 1 aliphatic rings. The SMILES string of the molecule is CCC(NS(=O)(=O)Cc1noc2ccccc12)c1ccc2c(c1)OCCO2. The van der Waals surface area contributed by atoms with E-state index in [0.717, 1.165) is 5.56 Å². The molecule has 2 heterocycles. The van der Waals surface area contributed by atoms with Crippen LogP contribution in [0.5, 0.6) is 11.5 Å². The molecule has 1 aliphatic heterocycles. The monoisotopic (exact) mass is 388 g/mol. The number of nitrogens with zero attached hydrogens (tertiary/aromatic N) is 1. The molecule has 8 heteroatoms. The van der Waals surface area contributed by atoms with Gasteiger partial charge in [-0.1, -0.05) is 30.3 Å². The summed E-state index contributed by atoms with van der Waals surface area (Å²) in [6.45, 7) is 2.93. The number of benzene rings is 2. The van der Waals surface area contributed by atoms with Gasteiger partial charge in [-0.3, -0.25) is 0 Å². The van der Waals surface area contributed by atoms with E-state index in [1.807, 2.05) is 37.3 Å². The molecular formula is C19H20N2O5S. The van der Waals surface area contributed by atoms with Crippen LogP contribution in [0.2, 0.25) is 0 Å². The molecule has 1 unspecified atom stereocenters. The fourth-order valence-corrected chi connectivity index (χ4v) is 4.53. The van der Waals surface area contributed by atoms with Crippen LogP contribution in [0.1, 0.15) is 30.6 Å². The molecule has 0 radical (unpaired) electrons. The fraction of sp³-hybridized carbons (Fsp3) is 0.316. The zero-order valence-electron chi connectivity index (χ0n) is 14.8. The maximum atomic E-state index is 12.7. The molecular weight excluding hydrogens is 368 g/mol. The van der Waals surface area contributed by atoms with Gasteiger partial charge in [0.15, 0.2) is 17.1 Å². The molecule has 0 saturated heterocycles. The highest BCUT2D eigenvalue weighted by atomic mass is 32.2. The third-order valence-corrected chi connectivity index (χ3v) is 5.77. The Bertz CT molecular complexity index is 1060. The van der Waals surface area contributed by atoms with Crippen LogP contribution < -0.4 is 14.2 Å². The maximum absolute atomic E-state index is 12.7. The second-order valence-electron chi connectivity index (χ2n) is 6.37. The minimum Gasteiger partial charge on any atom is -0.486 e. The Balaban J connectivity index is 1.55. The largest absolute Gasteiger partial charge is 0.486 e. The molecule has 3 aromatic rings. The lowest BCUT2D eigenvalue weighted by atomic mass is 10.0. The highest BCUT2D eigenvalue weighted by molar-refractivity contribution is 7.88. The number of rotatable bonds is 6. The lowest BCUT2D eigenvalue weighted by Crippen LogP contribution is -2.29. The van der Waals surface area contributed by atoms with E-state index in [1.54, 1.807) is 12.1 Å². The van der Waals surface area contributed by atoms with Crippen LogP contribution in [0.4, 0.5) is 0 Å². The Hall–Kier alpha value is -2.58. The normalized spacial score (nSPS) is 15.0. The first kappa shape index (κ1) is 17.8. The molecule has 1 N–H and O–H groups in total. The standard InChI is InChI=1S/C19H20N2O5S/c1-2-15(13-7-8-18-19(11-13)25-10-9-24-18)21-27(22,23)12-16-14-5-3-4-6-17(14)26-20-16/h3-8,11,15,21H,2,9-10,12H2,1H3. The average Bonchev–Trinajstić information content (AvgIpc) is 3.08. The number of aromatic nitrogens is 1. The summed E-state index contributed by atoms with van der Waals surface area (Å²) in [5, 5.41) is 4.62. The van der Waals surface area contributed by atoms with E-state index in [4.69, 9.17) is 14.0 Å². The van der Waals surface area contributed by atoms with Gasteiger partial charge in [0, 0.05) is 11.4 Å². The number of hydrogen-bond acceptors (Lipinski definition) is 6. The van der Waals surface area contributed by atoms with Gasteiger partial charge in [0.05, 0.1) is 0 Å². The van der Waals surface area contributed by atoms with Crippen molar-refractivity contribution in [2.45, 2.75) is 25.1 Å². The maximum Gasteiger partial charge on any atom is 0.218 e. The Kier molecular flexibility index (Phi) is 4.75. The van der Waals surface area contributed by atoms with E-state index >= 15 is 0 Å². The van der Waals surface area contributed by atoms with Crippen molar-refractivity contribution in [3.05, 3.63) is 53.7 Å². The molecule has 0 spiro atoms. The van der Waals surface area contributed by atoms with Crippen molar-refractivity contribution in [1.82, 2.24) is 9.88 Å². The molecule has 0 amide bonds. The third-order valence-electron chi connectivity index (χ3n) is 4.48. The van der Waals surface area contributed by atoms with E-state index < -0.39 is 10.0 Å². The first-order valence-corrected chi connectivity index (χ1v) is 10.4. The number of ether oxygens (including phenoxy) is 2. The molecule has 1 atom stereocenters. The van der Waals surface area contributed by atoms with Crippen molar-refractivity contribution in [2.75, 3.05) is 13.2 Å². The summed E-state index contributed by atoms with van der Waals surface area (Å²) in [5.74, 6) is 1.07. The van der Waals surface area contributed by atoms with Gasteiger partial charge in [0.25, 0.3) is 0 Å². The van der Waals surface area contributed by atoms with Crippen molar-refractivity contribution in [1.29, 1.82) is 0 Å². The topological polar surface area (TPSA) is 90.7 Å². The van der Waals surface area contributed by atoms with Gasteiger partial charge >= 0.3 is 0 Å². The molecule has 0 bridgehead atoms. The van der Waals surface area contributed by atoms with Crippen molar-refractivity contribution in [3.63, 3.8) is 0 Å². The first-order valence-electron chi connectivity index (χ1n) is 8.78. The van der Waals surface area contributed by atoms with E-state index in [0.29, 0.717) is 47.8 Å². The van der Waals surface area contributed by atoms with Crippen LogP contribution in [0, 0.1) is 0 Å². The number of hydrogen-bond donors (Lipinski definition) is 1. The molecule has 142 valence electrons. The van der Waals surface area contributed by atoms with Crippen LogP contribution in [0.3, 0.4) is 0 Å². The van der Waals surface area contributed by atoms with Gasteiger partial charge in [-0.2, -0.15) is 0 Å². The Labute approximate surface area is 157 Å². The van der Waals surface area contributed by atoms with Crippen LogP contribution in [-0.4, -0.2) is 26.8 Å². The zero-order chi connectivity index (χ0) is 18.9. The van der Waals surface area contributed by atoms with Crippen molar-refractivity contribution in [2.24, 2.45) is 0 Å². The minimum absolute atomic E-state index is 0.245. The van der Waals surface area contributed by atoms with E-state index in [9.17, 15) is 8.42 Å². The van der Waals surface area contributed by atoms with E-state index in [1.165, 1.54) is 0 Å². The number of fused-ring (bicyclic) bond motifs is 2. The van der Waals surface area contributed by atoms with Crippen molar-refractivity contribution in [3.8, 4) is 11.5 Å². The number of sulfonamides is 1. The molecule has 1 aromatic heterocycles. The van der Waals surface area contributed by atoms with Crippen LogP contribution in [-0.2, 0) is 15.8 Å². The third kappa shape index (κ3) is 3.77. The van der Waals surface area contributed by atoms with Gasteiger partial charge in [0.2, 0.25) is 10.0 Å². The van der Waals surface area contributed by atoms with Gasteiger partial charge in [0.1, 0.15) is 24.7 Å². The summed E-state index contributed by atoms with van der Waals surface area (Å²) in [7, 11) is -3.62. The first-order chi connectivity index (χ1) is 13.1. The van der Waals surface area contributed by atoms with Crippen LogP contribution in [0.25, 0.3) is 11.0 Å². The Morgan fingerprint density at radius 3 is 2.70 bits per heavy atom. The van der Waals surface area contributed by atoms with Gasteiger partial charge < -0.3 is 14.0 Å². The van der Waals surface area contributed by atoms with Gasteiger partial charge in [-0.05, 0) is 36.2 Å². The van der Waals surface area contributed by atoms with Crippen molar-refractivity contribution < 1.29 is 22.4 Å². The number of nitrogens with one attached hydrogen (secondary N) is 1. The predicted octanol–water partition coefficient (Wildman–Crippen LogP) is 3.17. The average molecular weight is 388 g/mol. The summed E-state index contributed by atoms with van der Waals surface area (Å²) in [4.78, 5) is 0. The predicted molar refractivity (Wildman–Crippen MR) is 100 cm³/mol. The molecule has 0 aliphatic carbocycles. The Morgan fingerprint density at radius 1 is 1.11 bits per heavy atom. The smallest absolute Gasteiger partial charge is 0.218 e. The van der Waals surface area contributed by atoms with Crippen LogP contribution >= 0.6 is 0 Å². The van der Waals surface area contributed by atoms with Crippen molar-refractivity contribution >= 4 is 21.0 Å². The molecule has 2 aromatic carbocycles. The van der Waals surface area contributed by atoms with E-state index in [-0.39, 0.29) is 11.8 Å². The molecule has 0 saturated carbocycles. The van der Waals surface area contributed by atoms with E-state index in [2.05, 4.69) is 9.88 Å². The molecule has 7 nitrogen and oxygen atoms in total. The summed E-state index contributed by atoms with van der Waals surface area (Å²) in [5.41, 5.74) is 1.80. The summed E-state index contributed by atoms with van der Waals surface area (Å²) < 4.78 is 44.5. The van der Waals surface area contributed by atoms with Gasteiger partial charge in [-0.25, -0.2) is 13.1 Å². The summed E-state index contributed by atoms with van der Waals surface area (Å²) >= 11 is 0. The fourth-order valence-electron chi connectivity index (χ4n) is 3.14. The second-order valence-corrected chi connectivity index (χ2v) is 8.12. The lowest BCUT2D eigenvalue weighted by Gasteiger charge is -2.22. The highest BCUT2D eigenvalue weighted by Crippen LogP contribution is 2.33. The van der Waals surface area contributed by atoms with Gasteiger partial charge in [-0.15, -0.1) is 0 Å². The Morgan fingerprint density at radius 2 is 1.89 bits per heavy atom. The second kappa shape index (κ2) is 7.21. The molecule has 27 heavy (non-hydrogen) atoms. The molecule has 4 rings (SSSR count). The quantitative estimate of drug-likeness (QED) is 0.697. The molecule has 0 fully saturated rings. The lowest BCUT2D eigenvalue weighted by molar-refractivity contribution is 0.171.